The summed E-state index contributed by atoms with van der Waals surface area (Å²) in [4.78, 5) is 4.40. The summed E-state index contributed by atoms with van der Waals surface area (Å²) in [5, 5.41) is 3.42. The maximum atomic E-state index is 5.85. The first-order valence-corrected chi connectivity index (χ1v) is 6.26. The van der Waals surface area contributed by atoms with Gasteiger partial charge in [-0.1, -0.05) is 34.6 Å². The lowest BCUT2D eigenvalue weighted by molar-refractivity contribution is 0.547. The van der Waals surface area contributed by atoms with E-state index in [0.717, 1.165) is 18.8 Å². The lowest BCUT2D eigenvalue weighted by Gasteiger charge is -2.19. The van der Waals surface area contributed by atoms with E-state index < -0.39 is 0 Å². The van der Waals surface area contributed by atoms with Crippen molar-refractivity contribution in [2.75, 3.05) is 12.3 Å². The third-order valence-corrected chi connectivity index (χ3v) is 2.56. The van der Waals surface area contributed by atoms with Gasteiger partial charge in [0.05, 0.1) is 0 Å². The first-order chi connectivity index (χ1) is 7.79. The van der Waals surface area contributed by atoms with Crippen LogP contribution in [0.5, 0.6) is 0 Å². The standard InChI is InChI=1S/C14H25N3/c1-10(2)8-16-9-11-6-12(14(3,4)5)17-13(15)7-11/h6-7,10,16H,8-9H2,1-5H3,(H2,15,17). The van der Waals surface area contributed by atoms with E-state index in [1.54, 1.807) is 0 Å². The molecule has 3 heteroatoms. The Hall–Kier alpha value is -1.09. The molecule has 0 amide bonds. The molecule has 0 saturated carbocycles. The smallest absolute Gasteiger partial charge is 0.123 e. The Bertz CT molecular complexity index is 364. The molecule has 1 heterocycles. The second-order valence-electron chi connectivity index (χ2n) is 6.06. The predicted molar refractivity (Wildman–Crippen MR) is 73.9 cm³/mol. The second kappa shape index (κ2) is 5.50. The van der Waals surface area contributed by atoms with Gasteiger partial charge in [-0.2, -0.15) is 0 Å². The van der Waals surface area contributed by atoms with Crippen LogP contribution < -0.4 is 11.1 Å². The molecular formula is C14H25N3. The first-order valence-electron chi connectivity index (χ1n) is 6.26. The van der Waals surface area contributed by atoms with E-state index in [0.29, 0.717) is 11.7 Å². The molecule has 0 spiro atoms. The summed E-state index contributed by atoms with van der Waals surface area (Å²) < 4.78 is 0. The summed E-state index contributed by atoms with van der Waals surface area (Å²) in [6.07, 6.45) is 0. The van der Waals surface area contributed by atoms with Crippen LogP contribution in [-0.4, -0.2) is 11.5 Å². The molecule has 0 bridgehead atoms. The number of anilines is 1. The number of hydrogen-bond acceptors (Lipinski definition) is 3. The molecule has 0 unspecified atom stereocenters. The monoisotopic (exact) mass is 235 g/mol. The maximum Gasteiger partial charge on any atom is 0.123 e. The number of nitrogens with two attached hydrogens (primary N) is 1. The Kier molecular flexibility index (Phi) is 4.52. The number of hydrogen-bond donors (Lipinski definition) is 2. The minimum atomic E-state index is 0.0438. The lowest BCUT2D eigenvalue weighted by Crippen LogP contribution is -2.20. The topological polar surface area (TPSA) is 50.9 Å². The molecule has 0 saturated heterocycles. The summed E-state index contributed by atoms with van der Waals surface area (Å²) in [5.74, 6) is 1.27. The van der Waals surface area contributed by atoms with E-state index in [4.69, 9.17) is 5.73 Å². The fourth-order valence-corrected chi connectivity index (χ4v) is 1.60. The minimum absolute atomic E-state index is 0.0438. The Labute approximate surface area is 105 Å². The highest BCUT2D eigenvalue weighted by Crippen LogP contribution is 2.22. The highest BCUT2D eigenvalue weighted by molar-refractivity contribution is 5.36. The molecule has 1 aromatic heterocycles. The number of nitrogens with zero attached hydrogens (tertiary/aromatic N) is 1. The van der Waals surface area contributed by atoms with Gasteiger partial charge in [0.2, 0.25) is 0 Å². The quantitative estimate of drug-likeness (QED) is 0.843. The molecule has 1 aromatic rings. The van der Waals surface area contributed by atoms with E-state index in [9.17, 15) is 0 Å². The van der Waals surface area contributed by atoms with Crippen molar-refractivity contribution < 1.29 is 0 Å². The molecule has 0 radical (unpaired) electrons. The van der Waals surface area contributed by atoms with Crippen molar-refractivity contribution in [3.63, 3.8) is 0 Å². The van der Waals surface area contributed by atoms with Gasteiger partial charge in [-0.25, -0.2) is 4.98 Å². The number of nitrogen functional groups attached to an aromatic ring is 1. The van der Waals surface area contributed by atoms with Gasteiger partial charge in [-0.15, -0.1) is 0 Å². The van der Waals surface area contributed by atoms with Crippen LogP contribution >= 0.6 is 0 Å². The fourth-order valence-electron chi connectivity index (χ4n) is 1.60. The Balaban J connectivity index is 2.76. The molecule has 1 rings (SSSR count). The van der Waals surface area contributed by atoms with Gasteiger partial charge in [0.15, 0.2) is 0 Å². The van der Waals surface area contributed by atoms with Gasteiger partial charge in [0, 0.05) is 17.7 Å². The average molecular weight is 235 g/mol. The maximum absolute atomic E-state index is 5.85. The third kappa shape index (κ3) is 4.73. The van der Waals surface area contributed by atoms with E-state index in [1.807, 2.05) is 6.07 Å². The van der Waals surface area contributed by atoms with Crippen LogP contribution in [0.1, 0.15) is 45.9 Å². The zero-order valence-corrected chi connectivity index (χ0v) is 11.7. The lowest BCUT2D eigenvalue weighted by atomic mass is 9.90. The van der Waals surface area contributed by atoms with Gasteiger partial charge >= 0.3 is 0 Å². The number of aromatic nitrogens is 1. The van der Waals surface area contributed by atoms with E-state index in [1.165, 1.54) is 5.56 Å². The summed E-state index contributed by atoms with van der Waals surface area (Å²) >= 11 is 0. The Morgan fingerprint density at radius 3 is 2.47 bits per heavy atom. The molecular weight excluding hydrogens is 210 g/mol. The van der Waals surface area contributed by atoms with Crippen LogP contribution in [0.25, 0.3) is 0 Å². The molecule has 0 aromatic carbocycles. The van der Waals surface area contributed by atoms with E-state index in [-0.39, 0.29) is 5.41 Å². The van der Waals surface area contributed by atoms with Crippen LogP contribution in [0.2, 0.25) is 0 Å². The van der Waals surface area contributed by atoms with Gasteiger partial charge in [0.25, 0.3) is 0 Å². The summed E-state index contributed by atoms with van der Waals surface area (Å²) in [5.41, 5.74) is 8.16. The summed E-state index contributed by atoms with van der Waals surface area (Å²) in [6.45, 7) is 12.7. The van der Waals surface area contributed by atoms with Gasteiger partial charge in [-0.3, -0.25) is 0 Å². The predicted octanol–water partition coefficient (Wildman–Crippen LogP) is 2.71. The zero-order valence-electron chi connectivity index (χ0n) is 11.7. The summed E-state index contributed by atoms with van der Waals surface area (Å²) in [6, 6.07) is 4.09. The molecule has 0 fully saturated rings. The van der Waals surface area contributed by atoms with E-state index in [2.05, 4.69) is 51.0 Å². The molecule has 96 valence electrons. The largest absolute Gasteiger partial charge is 0.384 e. The van der Waals surface area contributed by atoms with Crippen LogP contribution in [0.15, 0.2) is 12.1 Å². The number of nitrogens with one attached hydrogen (secondary N) is 1. The van der Waals surface area contributed by atoms with Crippen molar-refractivity contribution in [2.45, 2.75) is 46.6 Å². The van der Waals surface area contributed by atoms with Crippen molar-refractivity contribution >= 4 is 5.82 Å². The second-order valence-corrected chi connectivity index (χ2v) is 6.06. The third-order valence-electron chi connectivity index (χ3n) is 2.56. The first kappa shape index (κ1) is 14.0. The Morgan fingerprint density at radius 1 is 1.29 bits per heavy atom. The van der Waals surface area contributed by atoms with Crippen molar-refractivity contribution in [1.82, 2.24) is 10.3 Å². The minimum Gasteiger partial charge on any atom is -0.384 e. The van der Waals surface area contributed by atoms with Crippen LogP contribution in [0.4, 0.5) is 5.82 Å². The molecule has 0 aliphatic rings. The van der Waals surface area contributed by atoms with Gasteiger partial charge in [-0.05, 0) is 30.2 Å². The van der Waals surface area contributed by atoms with Crippen molar-refractivity contribution in [2.24, 2.45) is 5.92 Å². The molecule has 3 N–H and O–H groups in total. The molecule has 3 nitrogen and oxygen atoms in total. The molecule has 17 heavy (non-hydrogen) atoms. The highest BCUT2D eigenvalue weighted by atomic mass is 14.9. The average Bonchev–Trinajstić information content (AvgIpc) is 2.14. The SMILES string of the molecule is CC(C)CNCc1cc(N)nc(C(C)(C)C)c1. The van der Waals surface area contributed by atoms with Crippen molar-refractivity contribution in [3.05, 3.63) is 23.4 Å². The molecule has 0 atom stereocenters. The van der Waals surface area contributed by atoms with Crippen LogP contribution in [0, 0.1) is 5.92 Å². The fraction of sp³-hybridized carbons (Fsp3) is 0.643. The van der Waals surface area contributed by atoms with Crippen LogP contribution in [0.3, 0.4) is 0 Å². The van der Waals surface area contributed by atoms with Crippen LogP contribution in [-0.2, 0) is 12.0 Å². The number of rotatable bonds is 4. The number of pyridine rings is 1. The van der Waals surface area contributed by atoms with Crippen molar-refractivity contribution in [3.8, 4) is 0 Å². The summed E-state index contributed by atoms with van der Waals surface area (Å²) in [7, 11) is 0. The molecule has 0 aliphatic heterocycles. The highest BCUT2D eigenvalue weighted by Gasteiger charge is 2.16. The Morgan fingerprint density at radius 2 is 1.94 bits per heavy atom. The van der Waals surface area contributed by atoms with Crippen molar-refractivity contribution in [1.29, 1.82) is 0 Å². The normalized spacial score (nSPS) is 12.1. The van der Waals surface area contributed by atoms with Gasteiger partial charge < -0.3 is 11.1 Å². The van der Waals surface area contributed by atoms with Gasteiger partial charge in [0.1, 0.15) is 5.82 Å². The zero-order chi connectivity index (χ0) is 13.1. The molecule has 0 aliphatic carbocycles. The van der Waals surface area contributed by atoms with E-state index >= 15 is 0 Å².